The van der Waals surface area contributed by atoms with Crippen LogP contribution in [0.3, 0.4) is 0 Å². The lowest BCUT2D eigenvalue weighted by atomic mass is 10.1. The van der Waals surface area contributed by atoms with Gasteiger partial charge in [-0.05, 0) is 29.7 Å². The number of hydrogen-bond acceptors (Lipinski definition) is 3. The highest BCUT2D eigenvalue weighted by Crippen LogP contribution is 2.23. The van der Waals surface area contributed by atoms with Crippen molar-refractivity contribution in [1.82, 2.24) is 0 Å². The number of rotatable bonds is 5. The Morgan fingerprint density at radius 2 is 1.75 bits per heavy atom. The van der Waals surface area contributed by atoms with Gasteiger partial charge < -0.3 is 4.74 Å². The van der Waals surface area contributed by atoms with E-state index in [4.69, 9.17) is 17.0 Å². The van der Waals surface area contributed by atoms with Crippen LogP contribution in [0.1, 0.15) is 18.1 Å². The Labute approximate surface area is 130 Å². The zero-order valence-corrected chi connectivity index (χ0v) is 13.3. The molecule has 0 spiro atoms. The van der Waals surface area contributed by atoms with Gasteiger partial charge in [-0.25, -0.2) is 0 Å². The molecule has 0 saturated heterocycles. The number of hydrogen-bond donors (Lipinski definition) is 0. The molecule has 0 aliphatic heterocycles. The van der Waals surface area contributed by atoms with Crippen molar-refractivity contribution in [1.29, 1.82) is 0 Å². The molecule has 1 unspecified atom stereocenters. The van der Waals surface area contributed by atoms with Gasteiger partial charge in [0, 0.05) is 5.25 Å². The molecule has 1 nitrogen and oxygen atoms in total. The molecule has 0 bridgehead atoms. The van der Waals surface area contributed by atoms with Crippen LogP contribution >= 0.6 is 24.0 Å². The van der Waals surface area contributed by atoms with E-state index in [1.165, 1.54) is 5.56 Å². The summed E-state index contributed by atoms with van der Waals surface area (Å²) in [5.74, 6) is 0.897. The van der Waals surface area contributed by atoms with Crippen LogP contribution in [0, 0.1) is 0 Å². The second-order valence-electron chi connectivity index (χ2n) is 4.63. The average molecular weight is 302 g/mol. The smallest absolute Gasteiger partial charge is 0.118 e. The lowest BCUT2D eigenvalue weighted by Crippen LogP contribution is -2.05. The monoisotopic (exact) mass is 302 g/mol. The molecule has 0 saturated carbocycles. The minimum atomic E-state index is 0.455. The number of benzene rings is 2. The predicted octanol–water partition coefficient (Wildman–Crippen LogP) is 4.74. The van der Waals surface area contributed by atoms with Gasteiger partial charge in [0.05, 0.1) is 11.3 Å². The Balaban J connectivity index is 1.91. The van der Waals surface area contributed by atoms with Crippen LogP contribution in [0.25, 0.3) is 0 Å². The summed E-state index contributed by atoms with van der Waals surface area (Å²) in [6.07, 6.45) is 1.00. The van der Waals surface area contributed by atoms with E-state index in [-0.39, 0.29) is 0 Å². The van der Waals surface area contributed by atoms with E-state index in [9.17, 15) is 0 Å². The number of ether oxygens (including phenoxy) is 1. The van der Waals surface area contributed by atoms with Crippen LogP contribution in [0.15, 0.2) is 54.6 Å². The molecule has 2 rings (SSSR count). The van der Waals surface area contributed by atoms with Crippen LogP contribution < -0.4 is 4.74 Å². The molecule has 104 valence electrons. The van der Waals surface area contributed by atoms with Crippen LogP contribution in [0.5, 0.6) is 5.75 Å². The highest BCUT2D eigenvalue weighted by Gasteiger charge is 2.09. The van der Waals surface area contributed by atoms with Crippen molar-refractivity contribution in [3.05, 3.63) is 65.7 Å². The zero-order valence-electron chi connectivity index (χ0n) is 11.7. The van der Waals surface area contributed by atoms with E-state index >= 15 is 0 Å². The number of thiocarbonyl (C=S) groups is 1. The van der Waals surface area contributed by atoms with Crippen molar-refractivity contribution >= 4 is 28.2 Å². The van der Waals surface area contributed by atoms with E-state index in [1.807, 2.05) is 30.3 Å². The van der Waals surface area contributed by atoms with Crippen molar-refractivity contribution < 1.29 is 4.74 Å². The second kappa shape index (κ2) is 7.46. The van der Waals surface area contributed by atoms with Gasteiger partial charge in [-0.2, -0.15) is 0 Å². The van der Waals surface area contributed by atoms with Gasteiger partial charge in [0.1, 0.15) is 5.75 Å². The lowest BCUT2D eigenvalue weighted by Gasteiger charge is -2.12. The summed E-state index contributed by atoms with van der Waals surface area (Å²) < 4.78 is 6.14. The molecule has 0 amide bonds. The summed E-state index contributed by atoms with van der Waals surface area (Å²) in [6.45, 7) is 2.21. The van der Waals surface area contributed by atoms with Gasteiger partial charge in [0.15, 0.2) is 0 Å². The topological polar surface area (TPSA) is 9.23 Å². The van der Waals surface area contributed by atoms with E-state index in [2.05, 4.69) is 31.2 Å². The summed E-state index contributed by atoms with van der Waals surface area (Å²) in [4.78, 5) is 0. The summed E-state index contributed by atoms with van der Waals surface area (Å²) >= 11 is 7.25. The van der Waals surface area contributed by atoms with Gasteiger partial charge in [-0.1, -0.05) is 61.6 Å². The van der Waals surface area contributed by atoms with E-state index < -0.39 is 0 Å². The maximum atomic E-state index is 5.50. The van der Waals surface area contributed by atoms with Crippen LogP contribution in [0.2, 0.25) is 0 Å². The van der Waals surface area contributed by atoms with Gasteiger partial charge >= 0.3 is 0 Å². The Morgan fingerprint density at radius 3 is 2.35 bits per heavy atom. The largest absolute Gasteiger partial charge is 0.497 e. The maximum absolute atomic E-state index is 5.50. The summed E-state index contributed by atoms with van der Waals surface area (Å²) in [5.41, 5.74) is 2.44. The molecule has 0 N–H and O–H groups in total. The van der Waals surface area contributed by atoms with Crippen LogP contribution in [-0.2, 0) is 6.42 Å². The molecule has 0 fully saturated rings. The molecule has 0 heterocycles. The predicted molar refractivity (Wildman–Crippen MR) is 91.9 cm³/mol. The third-order valence-electron chi connectivity index (χ3n) is 3.00. The molecule has 2 aromatic carbocycles. The van der Waals surface area contributed by atoms with Crippen molar-refractivity contribution in [2.75, 3.05) is 7.11 Å². The summed E-state index contributed by atoms with van der Waals surface area (Å²) in [5, 5.41) is 0.455. The molecule has 2 aromatic rings. The SMILES string of the molecule is COc1ccc(CC(C)SC(=S)c2ccccc2)cc1. The standard InChI is InChI=1S/C17H18OS2/c1-13(12-14-8-10-16(18-2)11-9-14)20-17(19)15-6-4-3-5-7-15/h3-11,13H,12H2,1-2H3. The van der Waals surface area contributed by atoms with Gasteiger partial charge in [-0.15, -0.1) is 11.8 Å². The van der Waals surface area contributed by atoms with E-state index in [0.717, 1.165) is 21.9 Å². The number of methoxy groups -OCH3 is 1. The average Bonchev–Trinajstić information content (AvgIpc) is 2.49. The molecule has 20 heavy (non-hydrogen) atoms. The minimum absolute atomic E-state index is 0.455. The van der Waals surface area contributed by atoms with Crippen molar-refractivity contribution in [3.8, 4) is 5.75 Å². The Kier molecular flexibility index (Phi) is 5.62. The molecule has 0 aliphatic rings. The van der Waals surface area contributed by atoms with Crippen LogP contribution in [-0.4, -0.2) is 16.6 Å². The first-order valence-electron chi connectivity index (χ1n) is 6.58. The fourth-order valence-electron chi connectivity index (χ4n) is 1.96. The molecule has 1 atom stereocenters. The first-order valence-corrected chi connectivity index (χ1v) is 7.87. The quantitative estimate of drug-likeness (QED) is 0.739. The molecular weight excluding hydrogens is 284 g/mol. The normalized spacial score (nSPS) is 11.9. The second-order valence-corrected chi connectivity index (χ2v) is 6.75. The van der Waals surface area contributed by atoms with Crippen molar-refractivity contribution in [2.45, 2.75) is 18.6 Å². The third kappa shape index (κ3) is 4.36. The zero-order chi connectivity index (χ0) is 14.4. The van der Waals surface area contributed by atoms with Crippen molar-refractivity contribution in [2.24, 2.45) is 0 Å². The highest BCUT2D eigenvalue weighted by atomic mass is 32.2. The fraction of sp³-hybridized carbons (Fsp3) is 0.235. The number of thioether (sulfide) groups is 1. The van der Waals surface area contributed by atoms with E-state index in [0.29, 0.717) is 5.25 Å². The molecule has 0 aliphatic carbocycles. The van der Waals surface area contributed by atoms with E-state index in [1.54, 1.807) is 18.9 Å². The Hall–Kier alpha value is -1.32. The third-order valence-corrected chi connectivity index (χ3v) is 4.54. The van der Waals surface area contributed by atoms with Gasteiger partial charge in [-0.3, -0.25) is 0 Å². The van der Waals surface area contributed by atoms with Gasteiger partial charge in [0.2, 0.25) is 0 Å². The van der Waals surface area contributed by atoms with Crippen molar-refractivity contribution in [3.63, 3.8) is 0 Å². The fourth-order valence-corrected chi connectivity index (χ4v) is 3.50. The Morgan fingerprint density at radius 1 is 1.10 bits per heavy atom. The molecule has 3 heteroatoms. The first kappa shape index (κ1) is 15.1. The maximum Gasteiger partial charge on any atom is 0.118 e. The summed E-state index contributed by atoms with van der Waals surface area (Å²) in [7, 11) is 1.69. The molecule has 0 radical (unpaired) electrons. The molecular formula is C17H18OS2. The Bertz CT molecular complexity index is 549. The molecule has 0 aromatic heterocycles. The van der Waals surface area contributed by atoms with Crippen LogP contribution in [0.4, 0.5) is 0 Å². The summed E-state index contributed by atoms with van der Waals surface area (Å²) in [6, 6.07) is 18.4. The highest BCUT2D eigenvalue weighted by molar-refractivity contribution is 8.24. The first-order chi connectivity index (χ1) is 9.69. The minimum Gasteiger partial charge on any atom is -0.497 e. The lowest BCUT2D eigenvalue weighted by molar-refractivity contribution is 0.414. The van der Waals surface area contributed by atoms with Gasteiger partial charge in [0.25, 0.3) is 0 Å².